The summed E-state index contributed by atoms with van der Waals surface area (Å²) in [6, 6.07) is 13.3. The molecule has 2 aromatic carbocycles. The molecular formula is C25H26N4O6. The molecule has 0 fully saturated rings. The van der Waals surface area contributed by atoms with E-state index in [0.717, 1.165) is 5.56 Å². The molecule has 3 rings (SSSR count). The molecule has 3 aromatic rings. The van der Waals surface area contributed by atoms with Crippen molar-refractivity contribution in [2.45, 2.75) is 6.54 Å². The number of rotatable bonds is 10. The van der Waals surface area contributed by atoms with Crippen molar-refractivity contribution in [1.29, 1.82) is 0 Å². The third-order valence-corrected chi connectivity index (χ3v) is 4.95. The Morgan fingerprint density at radius 2 is 1.49 bits per heavy atom. The van der Waals surface area contributed by atoms with Crippen LogP contribution in [0.3, 0.4) is 0 Å². The van der Waals surface area contributed by atoms with Gasteiger partial charge in [-0.1, -0.05) is 12.1 Å². The lowest BCUT2D eigenvalue weighted by Gasteiger charge is -2.14. The van der Waals surface area contributed by atoms with Gasteiger partial charge in [0, 0.05) is 35.8 Å². The molecule has 182 valence electrons. The van der Waals surface area contributed by atoms with Crippen molar-refractivity contribution in [3.63, 3.8) is 0 Å². The topological polar surface area (TPSA) is 128 Å². The van der Waals surface area contributed by atoms with Crippen molar-refractivity contribution < 1.29 is 28.6 Å². The molecular weight excluding hydrogens is 452 g/mol. The third kappa shape index (κ3) is 6.70. The van der Waals surface area contributed by atoms with E-state index < -0.39 is 5.91 Å². The van der Waals surface area contributed by atoms with E-state index in [1.54, 1.807) is 42.7 Å². The zero-order valence-corrected chi connectivity index (χ0v) is 19.6. The van der Waals surface area contributed by atoms with Crippen molar-refractivity contribution in [2.75, 3.05) is 33.2 Å². The largest absolute Gasteiger partial charge is 0.493 e. The van der Waals surface area contributed by atoms with Crippen molar-refractivity contribution in [2.24, 2.45) is 0 Å². The Bertz CT molecular complexity index is 1170. The summed E-state index contributed by atoms with van der Waals surface area (Å²) in [6.07, 6.45) is 3.09. The number of hydrogen-bond donors (Lipinski definition) is 3. The fourth-order valence-electron chi connectivity index (χ4n) is 3.20. The molecule has 0 aliphatic carbocycles. The van der Waals surface area contributed by atoms with E-state index >= 15 is 0 Å². The summed E-state index contributed by atoms with van der Waals surface area (Å²) in [5.74, 6) is -0.0847. The van der Waals surface area contributed by atoms with Gasteiger partial charge in [0.05, 0.1) is 27.9 Å². The maximum Gasteiger partial charge on any atom is 0.255 e. The number of nitrogens with one attached hydrogen (secondary N) is 3. The van der Waals surface area contributed by atoms with Crippen molar-refractivity contribution >= 4 is 23.4 Å². The molecule has 35 heavy (non-hydrogen) atoms. The average Bonchev–Trinajstić information content (AvgIpc) is 2.90. The van der Waals surface area contributed by atoms with Gasteiger partial charge in [-0.2, -0.15) is 0 Å². The van der Waals surface area contributed by atoms with Crippen LogP contribution in [0.5, 0.6) is 17.2 Å². The van der Waals surface area contributed by atoms with Gasteiger partial charge in [-0.3, -0.25) is 19.4 Å². The number of carbonyl (C=O) groups excluding carboxylic acids is 3. The van der Waals surface area contributed by atoms with E-state index in [9.17, 15) is 14.4 Å². The summed E-state index contributed by atoms with van der Waals surface area (Å²) in [6.45, 7) is -0.00812. The van der Waals surface area contributed by atoms with Crippen LogP contribution in [-0.2, 0) is 11.3 Å². The van der Waals surface area contributed by atoms with Crippen LogP contribution in [0.1, 0.15) is 26.3 Å². The maximum absolute atomic E-state index is 12.5. The number of aromatic nitrogens is 1. The van der Waals surface area contributed by atoms with Gasteiger partial charge in [-0.25, -0.2) is 0 Å². The molecule has 0 spiro atoms. The molecule has 1 heterocycles. The maximum atomic E-state index is 12.5. The highest BCUT2D eigenvalue weighted by Crippen LogP contribution is 2.38. The molecule has 10 nitrogen and oxygen atoms in total. The predicted octanol–water partition coefficient (Wildman–Crippen LogP) is 2.41. The fourth-order valence-corrected chi connectivity index (χ4v) is 3.20. The normalized spacial score (nSPS) is 10.1. The van der Waals surface area contributed by atoms with Crippen LogP contribution in [0.15, 0.2) is 60.9 Å². The van der Waals surface area contributed by atoms with Crippen LogP contribution in [-0.4, -0.2) is 50.6 Å². The number of benzene rings is 2. The summed E-state index contributed by atoms with van der Waals surface area (Å²) in [5.41, 5.74) is 2.11. The second-order valence-electron chi connectivity index (χ2n) is 7.26. The van der Waals surface area contributed by atoms with Gasteiger partial charge < -0.3 is 30.2 Å². The van der Waals surface area contributed by atoms with Gasteiger partial charge in [-0.15, -0.1) is 0 Å². The zero-order chi connectivity index (χ0) is 25.2. The lowest BCUT2D eigenvalue weighted by atomic mass is 10.1. The highest BCUT2D eigenvalue weighted by Gasteiger charge is 2.17. The van der Waals surface area contributed by atoms with E-state index in [1.807, 2.05) is 6.07 Å². The van der Waals surface area contributed by atoms with Gasteiger partial charge in [0.15, 0.2) is 11.5 Å². The van der Waals surface area contributed by atoms with Crippen molar-refractivity contribution in [3.8, 4) is 17.2 Å². The molecule has 0 saturated heterocycles. The van der Waals surface area contributed by atoms with Gasteiger partial charge in [0.2, 0.25) is 11.7 Å². The minimum absolute atomic E-state index is 0.220. The molecule has 0 bridgehead atoms. The van der Waals surface area contributed by atoms with Crippen LogP contribution in [0.2, 0.25) is 0 Å². The van der Waals surface area contributed by atoms with E-state index in [-0.39, 0.29) is 30.5 Å². The quantitative estimate of drug-likeness (QED) is 0.408. The minimum atomic E-state index is -0.472. The first kappa shape index (κ1) is 25.0. The first-order valence-electron chi connectivity index (χ1n) is 10.6. The second kappa shape index (κ2) is 12.0. The molecule has 0 radical (unpaired) electrons. The molecule has 3 N–H and O–H groups in total. The Kier molecular flexibility index (Phi) is 8.60. The van der Waals surface area contributed by atoms with Gasteiger partial charge in [0.1, 0.15) is 0 Å². The van der Waals surface area contributed by atoms with Crippen molar-refractivity contribution in [1.82, 2.24) is 15.6 Å². The Morgan fingerprint density at radius 3 is 2.11 bits per heavy atom. The average molecular weight is 479 g/mol. The molecule has 0 unspecified atom stereocenters. The van der Waals surface area contributed by atoms with Gasteiger partial charge >= 0.3 is 0 Å². The molecule has 10 heteroatoms. The first-order valence-corrected chi connectivity index (χ1v) is 10.6. The number of anilines is 1. The Hall–Kier alpha value is -4.60. The Morgan fingerprint density at radius 1 is 0.800 bits per heavy atom. The molecule has 0 aliphatic rings. The summed E-state index contributed by atoms with van der Waals surface area (Å²) >= 11 is 0. The van der Waals surface area contributed by atoms with Gasteiger partial charge in [0.25, 0.3) is 11.8 Å². The summed E-state index contributed by atoms with van der Waals surface area (Å²) in [4.78, 5) is 41.0. The van der Waals surface area contributed by atoms with E-state index in [2.05, 4.69) is 20.9 Å². The molecule has 0 saturated carbocycles. The lowest BCUT2D eigenvalue weighted by molar-refractivity contribution is -0.120. The highest BCUT2D eigenvalue weighted by molar-refractivity contribution is 6.04. The number of pyridine rings is 1. The number of amides is 3. The number of hydrogen-bond acceptors (Lipinski definition) is 7. The molecule has 1 aromatic heterocycles. The first-order chi connectivity index (χ1) is 16.9. The third-order valence-electron chi connectivity index (χ3n) is 4.95. The standard InChI is InChI=1S/C25H26N4O6/c1-33-20-12-18(13-21(34-2)23(20)35-3)24(31)28-15-22(30)27-14-16-5-4-6-19(11-16)29-25(32)17-7-9-26-10-8-17/h4-13H,14-15H2,1-3H3,(H,27,30)(H,28,31)(H,29,32). The van der Waals surface area contributed by atoms with E-state index in [1.165, 1.54) is 33.5 Å². The summed E-state index contributed by atoms with van der Waals surface area (Å²) in [7, 11) is 4.37. The van der Waals surface area contributed by atoms with Crippen LogP contribution >= 0.6 is 0 Å². The minimum Gasteiger partial charge on any atom is -0.493 e. The van der Waals surface area contributed by atoms with Crippen LogP contribution < -0.4 is 30.2 Å². The Labute approximate surface area is 202 Å². The fraction of sp³-hybridized carbons (Fsp3) is 0.200. The number of ether oxygens (including phenoxy) is 3. The SMILES string of the molecule is COc1cc(C(=O)NCC(=O)NCc2cccc(NC(=O)c3ccncc3)c2)cc(OC)c1OC. The van der Waals surface area contributed by atoms with Crippen molar-refractivity contribution in [3.05, 3.63) is 77.6 Å². The predicted molar refractivity (Wildman–Crippen MR) is 129 cm³/mol. The Balaban J connectivity index is 1.53. The van der Waals surface area contributed by atoms with Crippen LogP contribution in [0.25, 0.3) is 0 Å². The number of methoxy groups -OCH3 is 3. The summed E-state index contributed by atoms with van der Waals surface area (Å²) in [5, 5.41) is 8.11. The molecule has 0 atom stereocenters. The smallest absolute Gasteiger partial charge is 0.255 e. The summed E-state index contributed by atoms with van der Waals surface area (Å²) < 4.78 is 15.7. The van der Waals surface area contributed by atoms with E-state index in [0.29, 0.717) is 28.5 Å². The number of nitrogens with zero attached hydrogens (tertiary/aromatic N) is 1. The zero-order valence-electron chi connectivity index (χ0n) is 19.6. The molecule has 3 amide bonds. The van der Waals surface area contributed by atoms with E-state index in [4.69, 9.17) is 14.2 Å². The van der Waals surface area contributed by atoms with Gasteiger partial charge in [-0.05, 0) is 42.0 Å². The molecule has 0 aliphatic heterocycles. The highest BCUT2D eigenvalue weighted by atomic mass is 16.5. The lowest BCUT2D eigenvalue weighted by Crippen LogP contribution is -2.36. The van der Waals surface area contributed by atoms with Crippen LogP contribution in [0.4, 0.5) is 5.69 Å². The van der Waals surface area contributed by atoms with Crippen LogP contribution in [0, 0.1) is 0 Å². The number of carbonyl (C=O) groups is 3. The second-order valence-corrected chi connectivity index (χ2v) is 7.26. The monoisotopic (exact) mass is 478 g/mol.